The predicted molar refractivity (Wildman–Crippen MR) is 137 cm³/mol. The summed E-state index contributed by atoms with van der Waals surface area (Å²) in [6, 6.07) is 27.3. The Morgan fingerprint density at radius 3 is 1.65 bits per heavy atom. The molecule has 0 heterocycles. The second kappa shape index (κ2) is 10.2. The van der Waals surface area contributed by atoms with Crippen molar-refractivity contribution in [3.63, 3.8) is 0 Å². The summed E-state index contributed by atoms with van der Waals surface area (Å²) in [4.78, 5) is 2.37. The van der Waals surface area contributed by atoms with Crippen LogP contribution in [-0.2, 0) is 11.8 Å². The normalized spacial score (nSPS) is 11.7. The number of unbranched alkanes of at least 4 members (excludes halogenated alkanes) is 1. The summed E-state index contributed by atoms with van der Waals surface area (Å²) >= 11 is 0. The van der Waals surface area contributed by atoms with Crippen LogP contribution in [0.25, 0.3) is 0 Å². The van der Waals surface area contributed by atoms with Gasteiger partial charge in [-0.05, 0) is 83.7 Å². The molecule has 0 spiro atoms. The third kappa shape index (κ3) is 5.58. The van der Waals surface area contributed by atoms with E-state index in [0.29, 0.717) is 5.92 Å². The lowest BCUT2D eigenvalue weighted by molar-refractivity contribution is 0.506. The van der Waals surface area contributed by atoms with Gasteiger partial charge in [-0.2, -0.15) is 0 Å². The van der Waals surface area contributed by atoms with Crippen molar-refractivity contribution in [2.45, 2.75) is 78.6 Å². The topological polar surface area (TPSA) is 3.24 Å². The molecule has 164 valence electrons. The molecule has 0 bridgehead atoms. The Kier molecular flexibility index (Phi) is 7.59. The van der Waals surface area contributed by atoms with Gasteiger partial charge in [-0.1, -0.05) is 84.4 Å². The van der Waals surface area contributed by atoms with Gasteiger partial charge in [-0.15, -0.1) is 0 Å². The van der Waals surface area contributed by atoms with E-state index >= 15 is 0 Å². The maximum absolute atomic E-state index is 2.37. The summed E-state index contributed by atoms with van der Waals surface area (Å²) in [5, 5.41) is 0. The molecule has 0 aliphatic carbocycles. The molecule has 0 aliphatic rings. The largest absolute Gasteiger partial charge is 0.311 e. The van der Waals surface area contributed by atoms with Crippen molar-refractivity contribution in [3.05, 3.63) is 89.5 Å². The molecule has 0 saturated heterocycles. The third-order valence-electron chi connectivity index (χ3n) is 6.62. The number of anilines is 3. The van der Waals surface area contributed by atoms with E-state index in [1.54, 1.807) is 0 Å². The van der Waals surface area contributed by atoms with Crippen LogP contribution >= 0.6 is 0 Å². The van der Waals surface area contributed by atoms with Crippen molar-refractivity contribution in [2.75, 3.05) is 4.90 Å². The summed E-state index contributed by atoms with van der Waals surface area (Å²) in [6.07, 6.45) is 4.76. The molecule has 0 radical (unpaired) electrons. The maximum Gasteiger partial charge on any atom is 0.0461 e. The predicted octanol–water partition coefficient (Wildman–Crippen LogP) is 9.31. The Morgan fingerprint density at radius 1 is 0.710 bits per heavy atom. The standard InChI is InChI=1S/C30H39N/c1-7-9-10-24-11-17-27(18-12-24)31(28-19-13-25(14-20-28)23(3)4)29-21-15-26(16-22-29)30(5,6)8-2/h11-23H,7-10H2,1-6H3. The van der Waals surface area contributed by atoms with Crippen LogP contribution < -0.4 is 4.90 Å². The third-order valence-corrected chi connectivity index (χ3v) is 6.62. The first-order chi connectivity index (χ1) is 14.9. The second-order valence-electron chi connectivity index (χ2n) is 9.64. The van der Waals surface area contributed by atoms with Crippen LogP contribution in [0.2, 0.25) is 0 Å². The maximum atomic E-state index is 2.37. The van der Waals surface area contributed by atoms with Crippen molar-refractivity contribution in [1.82, 2.24) is 0 Å². The Labute approximate surface area is 190 Å². The number of nitrogens with zero attached hydrogens (tertiary/aromatic N) is 1. The monoisotopic (exact) mass is 413 g/mol. The molecule has 31 heavy (non-hydrogen) atoms. The average Bonchev–Trinajstić information content (AvgIpc) is 2.79. The van der Waals surface area contributed by atoms with Crippen LogP contribution in [0.1, 0.15) is 83.4 Å². The lowest BCUT2D eigenvalue weighted by Crippen LogP contribution is -2.16. The molecule has 1 nitrogen and oxygen atoms in total. The molecule has 0 unspecified atom stereocenters. The molecule has 3 rings (SSSR count). The van der Waals surface area contributed by atoms with Crippen molar-refractivity contribution >= 4 is 17.1 Å². The summed E-state index contributed by atoms with van der Waals surface area (Å²) in [6.45, 7) is 13.6. The van der Waals surface area contributed by atoms with Crippen LogP contribution in [0.4, 0.5) is 17.1 Å². The number of aryl methyl sites for hydroxylation is 1. The van der Waals surface area contributed by atoms with Crippen molar-refractivity contribution < 1.29 is 0 Å². The van der Waals surface area contributed by atoms with E-state index in [1.807, 2.05) is 0 Å². The molecule has 0 aromatic heterocycles. The minimum atomic E-state index is 0.198. The van der Waals surface area contributed by atoms with E-state index in [2.05, 4.69) is 119 Å². The number of hydrogen-bond donors (Lipinski definition) is 0. The van der Waals surface area contributed by atoms with Gasteiger partial charge < -0.3 is 4.90 Å². The Morgan fingerprint density at radius 2 is 1.19 bits per heavy atom. The van der Waals surface area contributed by atoms with Crippen molar-refractivity contribution in [2.24, 2.45) is 0 Å². The highest BCUT2D eigenvalue weighted by molar-refractivity contribution is 5.76. The number of hydrogen-bond acceptors (Lipinski definition) is 1. The van der Waals surface area contributed by atoms with Crippen LogP contribution in [0, 0.1) is 0 Å². The number of rotatable bonds is 9. The van der Waals surface area contributed by atoms with E-state index in [1.165, 1.54) is 46.6 Å². The van der Waals surface area contributed by atoms with Gasteiger partial charge in [0.2, 0.25) is 0 Å². The van der Waals surface area contributed by atoms with Crippen LogP contribution in [-0.4, -0.2) is 0 Å². The molecule has 0 N–H and O–H groups in total. The fraction of sp³-hybridized carbons (Fsp3) is 0.400. The van der Waals surface area contributed by atoms with Gasteiger partial charge in [0.15, 0.2) is 0 Å². The fourth-order valence-corrected chi connectivity index (χ4v) is 3.91. The molecule has 1 heteroatoms. The molecule has 0 atom stereocenters. The van der Waals surface area contributed by atoms with E-state index in [-0.39, 0.29) is 5.41 Å². The smallest absolute Gasteiger partial charge is 0.0461 e. The van der Waals surface area contributed by atoms with E-state index < -0.39 is 0 Å². The van der Waals surface area contributed by atoms with Gasteiger partial charge in [-0.25, -0.2) is 0 Å². The fourth-order valence-electron chi connectivity index (χ4n) is 3.91. The van der Waals surface area contributed by atoms with E-state index in [0.717, 1.165) is 12.8 Å². The SMILES string of the molecule is CCCCc1ccc(N(c2ccc(C(C)C)cc2)c2ccc(C(C)(C)CC)cc2)cc1. The van der Waals surface area contributed by atoms with Crippen LogP contribution in [0.3, 0.4) is 0 Å². The molecule has 3 aromatic rings. The second-order valence-corrected chi connectivity index (χ2v) is 9.64. The van der Waals surface area contributed by atoms with Gasteiger partial charge in [-0.3, -0.25) is 0 Å². The zero-order valence-corrected chi connectivity index (χ0v) is 20.3. The lowest BCUT2D eigenvalue weighted by atomic mass is 9.82. The Bertz CT molecular complexity index is 931. The first kappa shape index (κ1) is 23.1. The van der Waals surface area contributed by atoms with Gasteiger partial charge >= 0.3 is 0 Å². The Balaban J connectivity index is 2.00. The van der Waals surface area contributed by atoms with Gasteiger partial charge in [0.1, 0.15) is 0 Å². The summed E-state index contributed by atoms with van der Waals surface area (Å²) in [5.74, 6) is 0.538. The minimum absolute atomic E-state index is 0.198. The van der Waals surface area contributed by atoms with Gasteiger partial charge in [0.25, 0.3) is 0 Å². The quantitative estimate of drug-likeness (QED) is 0.338. The van der Waals surface area contributed by atoms with Crippen LogP contribution in [0.15, 0.2) is 72.8 Å². The zero-order valence-electron chi connectivity index (χ0n) is 20.3. The molecular formula is C30H39N. The molecule has 0 aliphatic heterocycles. The minimum Gasteiger partial charge on any atom is -0.311 e. The average molecular weight is 414 g/mol. The van der Waals surface area contributed by atoms with Crippen molar-refractivity contribution in [3.8, 4) is 0 Å². The van der Waals surface area contributed by atoms with E-state index in [9.17, 15) is 0 Å². The van der Waals surface area contributed by atoms with Gasteiger partial charge in [0, 0.05) is 17.1 Å². The molecule has 0 saturated carbocycles. The summed E-state index contributed by atoms with van der Waals surface area (Å²) in [5.41, 5.74) is 7.99. The number of benzene rings is 3. The lowest BCUT2D eigenvalue weighted by Gasteiger charge is -2.28. The zero-order chi connectivity index (χ0) is 22.4. The van der Waals surface area contributed by atoms with Crippen LogP contribution in [0.5, 0.6) is 0 Å². The summed E-state index contributed by atoms with van der Waals surface area (Å²) < 4.78 is 0. The first-order valence-electron chi connectivity index (χ1n) is 11.9. The van der Waals surface area contributed by atoms with E-state index in [4.69, 9.17) is 0 Å². The van der Waals surface area contributed by atoms with Crippen molar-refractivity contribution in [1.29, 1.82) is 0 Å². The highest BCUT2D eigenvalue weighted by Crippen LogP contribution is 2.37. The molecular weight excluding hydrogens is 374 g/mol. The molecule has 0 fully saturated rings. The molecule has 0 amide bonds. The molecule has 3 aromatic carbocycles. The van der Waals surface area contributed by atoms with Gasteiger partial charge in [0.05, 0.1) is 0 Å². The highest BCUT2D eigenvalue weighted by Gasteiger charge is 2.19. The first-order valence-corrected chi connectivity index (χ1v) is 11.9. The highest BCUT2D eigenvalue weighted by atomic mass is 15.1. The Hall–Kier alpha value is -2.54. The summed E-state index contributed by atoms with van der Waals surface area (Å²) in [7, 11) is 0.